The van der Waals surface area contributed by atoms with Gasteiger partial charge in [0.05, 0.1) is 18.8 Å². The van der Waals surface area contributed by atoms with Crippen LogP contribution in [0.1, 0.15) is 24.2 Å². The molecule has 0 spiro atoms. The number of aromatic nitrogens is 2. The molecule has 2 aromatic rings. The number of hydrogen-bond acceptors (Lipinski definition) is 4. The van der Waals surface area contributed by atoms with Gasteiger partial charge in [0.2, 0.25) is 0 Å². The summed E-state index contributed by atoms with van der Waals surface area (Å²) in [5, 5.41) is 4.28. The molecular weight excluding hydrogens is 240 g/mol. The van der Waals surface area contributed by atoms with Crippen LogP contribution >= 0.6 is 0 Å². The van der Waals surface area contributed by atoms with Crippen molar-refractivity contribution >= 4 is 0 Å². The maximum absolute atomic E-state index is 5.68. The maximum Gasteiger partial charge on any atom is 0.119 e. The second-order valence-electron chi connectivity index (χ2n) is 4.35. The van der Waals surface area contributed by atoms with Crippen molar-refractivity contribution in [2.45, 2.75) is 25.9 Å². The van der Waals surface area contributed by atoms with E-state index in [9.17, 15) is 0 Å². The van der Waals surface area contributed by atoms with Crippen molar-refractivity contribution in [1.82, 2.24) is 15.2 Å². The van der Waals surface area contributed by atoms with E-state index in [4.69, 9.17) is 10.6 Å². The molecule has 102 valence electrons. The average molecular weight is 260 g/mol. The van der Waals surface area contributed by atoms with E-state index in [1.165, 1.54) is 5.56 Å². The molecule has 0 saturated heterocycles. The lowest BCUT2D eigenvalue weighted by molar-refractivity contribution is 0.413. The lowest BCUT2D eigenvalue weighted by atomic mass is 10.0. The van der Waals surface area contributed by atoms with Gasteiger partial charge in [-0.1, -0.05) is 12.1 Å². The lowest BCUT2D eigenvalue weighted by Crippen LogP contribution is -2.31. The van der Waals surface area contributed by atoms with Crippen LogP contribution in [0, 0.1) is 0 Å². The first-order chi connectivity index (χ1) is 9.28. The summed E-state index contributed by atoms with van der Waals surface area (Å²) < 4.78 is 7.19. The first-order valence-corrected chi connectivity index (χ1v) is 6.39. The van der Waals surface area contributed by atoms with Gasteiger partial charge in [0.15, 0.2) is 0 Å². The molecule has 5 nitrogen and oxygen atoms in total. The summed E-state index contributed by atoms with van der Waals surface area (Å²) >= 11 is 0. The number of benzene rings is 1. The topological polar surface area (TPSA) is 65.1 Å². The molecule has 0 fully saturated rings. The Balaban J connectivity index is 2.19. The Morgan fingerprint density at radius 2 is 2.26 bits per heavy atom. The van der Waals surface area contributed by atoms with Crippen LogP contribution in [0.2, 0.25) is 0 Å². The summed E-state index contributed by atoms with van der Waals surface area (Å²) in [5.74, 6) is 6.54. The van der Waals surface area contributed by atoms with E-state index in [0.717, 1.165) is 24.4 Å². The number of ether oxygens (including phenoxy) is 1. The predicted molar refractivity (Wildman–Crippen MR) is 74.7 cm³/mol. The van der Waals surface area contributed by atoms with Gasteiger partial charge in [-0.15, -0.1) is 0 Å². The normalized spacial score (nSPS) is 12.4. The molecule has 1 unspecified atom stereocenters. The largest absolute Gasteiger partial charge is 0.497 e. The fourth-order valence-electron chi connectivity index (χ4n) is 2.19. The highest BCUT2D eigenvalue weighted by atomic mass is 16.5. The van der Waals surface area contributed by atoms with Crippen molar-refractivity contribution in [3.05, 3.63) is 47.8 Å². The zero-order valence-electron chi connectivity index (χ0n) is 11.3. The van der Waals surface area contributed by atoms with Gasteiger partial charge in [-0.3, -0.25) is 16.0 Å². The van der Waals surface area contributed by atoms with Gasteiger partial charge in [0, 0.05) is 12.7 Å². The fourth-order valence-corrected chi connectivity index (χ4v) is 2.19. The van der Waals surface area contributed by atoms with Crippen LogP contribution in [-0.2, 0) is 13.0 Å². The van der Waals surface area contributed by atoms with Crippen LogP contribution in [0.5, 0.6) is 5.75 Å². The summed E-state index contributed by atoms with van der Waals surface area (Å²) in [6.07, 6.45) is 2.59. The lowest BCUT2D eigenvalue weighted by Gasteiger charge is -2.17. The van der Waals surface area contributed by atoms with Gasteiger partial charge < -0.3 is 4.74 Å². The highest BCUT2D eigenvalue weighted by molar-refractivity contribution is 5.29. The molecule has 0 radical (unpaired) electrons. The molecule has 0 amide bonds. The molecule has 1 heterocycles. The van der Waals surface area contributed by atoms with Crippen molar-refractivity contribution in [1.29, 1.82) is 0 Å². The van der Waals surface area contributed by atoms with Crippen molar-refractivity contribution in [3.63, 3.8) is 0 Å². The van der Waals surface area contributed by atoms with Crippen LogP contribution in [0.15, 0.2) is 36.5 Å². The number of aryl methyl sites for hydroxylation is 1. The first-order valence-electron chi connectivity index (χ1n) is 6.39. The molecule has 1 atom stereocenters. The Morgan fingerprint density at radius 3 is 2.95 bits per heavy atom. The van der Waals surface area contributed by atoms with E-state index >= 15 is 0 Å². The third-order valence-corrected chi connectivity index (χ3v) is 3.18. The minimum absolute atomic E-state index is 0.0366. The van der Waals surface area contributed by atoms with Gasteiger partial charge in [-0.05, 0) is 37.1 Å². The van der Waals surface area contributed by atoms with Crippen molar-refractivity contribution in [3.8, 4) is 5.75 Å². The number of rotatable bonds is 6. The Kier molecular flexibility index (Phi) is 4.54. The zero-order chi connectivity index (χ0) is 13.7. The molecule has 0 aliphatic rings. The SMILES string of the molecule is CCn1nccc1C(Cc1cccc(OC)c1)NN. The molecule has 0 aliphatic carbocycles. The fraction of sp³-hybridized carbons (Fsp3) is 0.357. The molecule has 3 N–H and O–H groups in total. The first kappa shape index (κ1) is 13.6. The van der Waals surface area contributed by atoms with Gasteiger partial charge in [0.1, 0.15) is 5.75 Å². The molecule has 5 heteroatoms. The minimum atomic E-state index is 0.0366. The number of nitrogens with one attached hydrogen (secondary N) is 1. The third-order valence-electron chi connectivity index (χ3n) is 3.18. The monoisotopic (exact) mass is 260 g/mol. The van der Waals surface area contributed by atoms with Gasteiger partial charge in [-0.25, -0.2) is 0 Å². The number of hydrazine groups is 1. The van der Waals surface area contributed by atoms with Gasteiger partial charge >= 0.3 is 0 Å². The van der Waals surface area contributed by atoms with Crippen LogP contribution in [0.25, 0.3) is 0 Å². The Bertz CT molecular complexity index is 524. The maximum atomic E-state index is 5.68. The molecule has 2 rings (SSSR count). The molecule has 0 saturated carbocycles. The van der Waals surface area contributed by atoms with E-state index in [2.05, 4.69) is 23.5 Å². The summed E-state index contributed by atoms with van der Waals surface area (Å²) in [5.41, 5.74) is 5.13. The molecular formula is C14H20N4O. The predicted octanol–water partition coefficient (Wildman–Crippen LogP) is 1.66. The van der Waals surface area contributed by atoms with Crippen LogP contribution in [0.3, 0.4) is 0 Å². The Morgan fingerprint density at radius 1 is 1.42 bits per heavy atom. The molecule has 0 aliphatic heterocycles. The molecule has 1 aromatic heterocycles. The van der Waals surface area contributed by atoms with E-state index in [-0.39, 0.29) is 6.04 Å². The van der Waals surface area contributed by atoms with E-state index in [0.29, 0.717) is 0 Å². The highest BCUT2D eigenvalue weighted by Crippen LogP contribution is 2.20. The molecule has 0 bridgehead atoms. The van der Waals surface area contributed by atoms with Crippen LogP contribution < -0.4 is 16.0 Å². The van der Waals surface area contributed by atoms with Gasteiger partial charge in [-0.2, -0.15) is 5.10 Å². The summed E-state index contributed by atoms with van der Waals surface area (Å²) in [4.78, 5) is 0. The smallest absolute Gasteiger partial charge is 0.119 e. The molecule has 1 aromatic carbocycles. The quantitative estimate of drug-likeness (QED) is 0.612. The number of nitrogens with two attached hydrogens (primary N) is 1. The zero-order valence-corrected chi connectivity index (χ0v) is 11.3. The van der Waals surface area contributed by atoms with Crippen molar-refractivity contribution in [2.75, 3.05) is 7.11 Å². The third kappa shape index (κ3) is 3.13. The number of nitrogens with zero attached hydrogens (tertiary/aromatic N) is 2. The number of methoxy groups -OCH3 is 1. The van der Waals surface area contributed by atoms with Gasteiger partial charge in [0.25, 0.3) is 0 Å². The van der Waals surface area contributed by atoms with Crippen LogP contribution in [-0.4, -0.2) is 16.9 Å². The second-order valence-corrected chi connectivity index (χ2v) is 4.35. The Labute approximate surface area is 113 Å². The Hall–Kier alpha value is -1.85. The highest BCUT2D eigenvalue weighted by Gasteiger charge is 2.15. The summed E-state index contributed by atoms with van der Waals surface area (Å²) in [6, 6.07) is 10.0. The molecule has 19 heavy (non-hydrogen) atoms. The minimum Gasteiger partial charge on any atom is -0.497 e. The van der Waals surface area contributed by atoms with Crippen molar-refractivity contribution in [2.24, 2.45) is 5.84 Å². The number of hydrogen-bond donors (Lipinski definition) is 2. The van der Waals surface area contributed by atoms with E-state index in [1.807, 2.05) is 28.9 Å². The second kappa shape index (κ2) is 6.36. The summed E-state index contributed by atoms with van der Waals surface area (Å²) in [7, 11) is 1.67. The average Bonchev–Trinajstić information content (AvgIpc) is 2.93. The van der Waals surface area contributed by atoms with E-state index in [1.54, 1.807) is 13.3 Å². The standard InChI is InChI=1S/C14H20N4O/c1-3-18-14(7-8-16-18)13(17-15)10-11-5-4-6-12(9-11)19-2/h4-9,13,17H,3,10,15H2,1-2H3. The van der Waals surface area contributed by atoms with Crippen molar-refractivity contribution < 1.29 is 4.74 Å². The van der Waals surface area contributed by atoms with E-state index < -0.39 is 0 Å². The summed E-state index contributed by atoms with van der Waals surface area (Å²) in [6.45, 7) is 2.90. The van der Waals surface area contributed by atoms with Crippen LogP contribution in [0.4, 0.5) is 0 Å².